The van der Waals surface area contributed by atoms with Gasteiger partial charge < -0.3 is 0 Å². The zero-order valence-corrected chi connectivity index (χ0v) is 12.8. The van der Waals surface area contributed by atoms with Crippen molar-refractivity contribution in [1.82, 2.24) is 0 Å². The fourth-order valence-electron chi connectivity index (χ4n) is 1.27. The predicted molar refractivity (Wildman–Crippen MR) is 73.1 cm³/mol. The van der Waals surface area contributed by atoms with E-state index in [4.69, 9.17) is 0 Å². The van der Waals surface area contributed by atoms with Gasteiger partial charge in [-0.25, -0.2) is 0 Å². The van der Waals surface area contributed by atoms with Crippen molar-refractivity contribution in [3.63, 3.8) is 0 Å². The molecule has 0 N–H and O–H groups in total. The SMILES string of the molecule is CC.CCCCCCSCCCC(F)(F)C(F)(F)F. The molecule has 0 atom stereocenters. The van der Waals surface area contributed by atoms with Gasteiger partial charge in [-0.05, 0) is 24.3 Å². The van der Waals surface area contributed by atoms with Gasteiger partial charge in [-0.15, -0.1) is 0 Å². The molecule has 0 rings (SSSR count). The van der Waals surface area contributed by atoms with Crippen molar-refractivity contribution in [2.45, 2.75) is 71.4 Å². The Hall–Kier alpha value is -0.0000000000000000555. The van der Waals surface area contributed by atoms with Crippen LogP contribution in [0.15, 0.2) is 0 Å². The van der Waals surface area contributed by atoms with Gasteiger partial charge in [0.1, 0.15) is 0 Å². The number of hydrogen-bond donors (Lipinski definition) is 0. The highest BCUT2D eigenvalue weighted by molar-refractivity contribution is 7.99. The molecule has 0 aliphatic rings. The van der Waals surface area contributed by atoms with E-state index in [1.807, 2.05) is 13.8 Å². The highest BCUT2D eigenvalue weighted by Crippen LogP contribution is 2.39. The first-order valence-corrected chi connectivity index (χ1v) is 7.99. The Bertz CT molecular complexity index is 192. The number of hydrogen-bond acceptors (Lipinski definition) is 1. The summed E-state index contributed by atoms with van der Waals surface area (Å²) in [6, 6.07) is 0. The second-order valence-corrected chi connectivity index (χ2v) is 5.20. The van der Waals surface area contributed by atoms with Gasteiger partial charge in [0, 0.05) is 6.42 Å². The van der Waals surface area contributed by atoms with Crippen molar-refractivity contribution in [3.8, 4) is 0 Å². The second kappa shape index (κ2) is 11.8. The summed E-state index contributed by atoms with van der Waals surface area (Å²) in [6.45, 7) is 6.09. The summed E-state index contributed by atoms with van der Waals surface area (Å²) in [4.78, 5) is 0. The van der Waals surface area contributed by atoms with Crippen molar-refractivity contribution >= 4 is 11.8 Å². The average molecular weight is 308 g/mol. The molecule has 0 heterocycles. The van der Waals surface area contributed by atoms with Crippen molar-refractivity contribution in [1.29, 1.82) is 0 Å². The Morgan fingerprint density at radius 1 is 0.789 bits per heavy atom. The summed E-state index contributed by atoms with van der Waals surface area (Å²) >= 11 is 1.45. The Labute approximate surface area is 117 Å². The Morgan fingerprint density at radius 3 is 1.79 bits per heavy atom. The van der Waals surface area contributed by atoms with Crippen LogP contribution in [0.25, 0.3) is 0 Å². The van der Waals surface area contributed by atoms with Gasteiger partial charge in [0.25, 0.3) is 0 Å². The third kappa shape index (κ3) is 11.5. The van der Waals surface area contributed by atoms with Gasteiger partial charge >= 0.3 is 12.1 Å². The molecule has 0 amide bonds. The molecule has 0 aliphatic carbocycles. The van der Waals surface area contributed by atoms with Crippen LogP contribution in [0, 0.1) is 0 Å². The van der Waals surface area contributed by atoms with Gasteiger partial charge in [-0.1, -0.05) is 40.0 Å². The summed E-state index contributed by atoms with van der Waals surface area (Å²) in [7, 11) is 0. The molecule has 0 bridgehead atoms. The maximum atomic E-state index is 12.5. The molecular weight excluding hydrogens is 283 g/mol. The number of unbranched alkanes of at least 4 members (excludes halogenated alkanes) is 3. The Kier molecular flexibility index (Phi) is 13.2. The van der Waals surface area contributed by atoms with Crippen LogP contribution in [0.2, 0.25) is 0 Å². The van der Waals surface area contributed by atoms with Crippen LogP contribution in [0.4, 0.5) is 22.0 Å². The molecular formula is C13H25F5S. The van der Waals surface area contributed by atoms with E-state index in [0.29, 0.717) is 5.75 Å². The zero-order valence-electron chi connectivity index (χ0n) is 12.0. The zero-order chi connectivity index (χ0) is 15.4. The van der Waals surface area contributed by atoms with Crippen LogP contribution >= 0.6 is 11.8 Å². The maximum absolute atomic E-state index is 12.5. The van der Waals surface area contributed by atoms with E-state index in [-0.39, 0.29) is 6.42 Å². The minimum atomic E-state index is -5.40. The molecule has 0 nitrogen and oxygen atoms in total. The van der Waals surface area contributed by atoms with E-state index < -0.39 is 18.5 Å². The molecule has 0 spiro atoms. The van der Waals surface area contributed by atoms with Crippen LogP contribution in [0.1, 0.15) is 59.3 Å². The van der Waals surface area contributed by atoms with Crippen molar-refractivity contribution in [3.05, 3.63) is 0 Å². The molecule has 118 valence electrons. The third-order valence-electron chi connectivity index (χ3n) is 2.34. The fraction of sp³-hybridized carbons (Fsp3) is 1.00. The summed E-state index contributed by atoms with van der Waals surface area (Å²) in [6.07, 6.45) is -2.21. The third-order valence-corrected chi connectivity index (χ3v) is 3.49. The smallest absolute Gasteiger partial charge is 0.196 e. The van der Waals surface area contributed by atoms with Gasteiger partial charge in [0.15, 0.2) is 0 Å². The van der Waals surface area contributed by atoms with E-state index in [1.165, 1.54) is 11.8 Å². The van der Waals surface area contributed by atoms with Gasteiger partial charge in [-0.2, -0.15) is 33.7 Å². The summed E-state index contributed by atoms with van der Waals surface area (Å²) < 4.78 is 60.3. The summed E-state index contributed by atoms with van der Waals surface area (Å²) in [5.41, 5.74) is 0. The van der Waals surface area contributed by atoms with Gasteiger partial charge in [0.2, 0.25) is 0 Å². The molecule has 0 saturated heterocycles. The number of alkyl halides is 5. The molecule has 0 fully saturated rings. The highest BCUT2D eigenvalue weighted by Gasteiger charge is 2.56. The Morgan fingerprint density at radius 2 is 1.32 bits per heavy atom. The van der Waals surface area contributed by atoms with E-state index in [2.05, 4.69) is 6.92 Å². The lowest BCUT2D eigenvalue weighted by molar-refractivity contribution is -0.284. The summed E-state index contributed by atoms with van der Waals surface area (Å²) in [5.74, 6) is -3.31. The fourth-order valence-corrected chi connectivity index (χ4v) is 2.23. The normalized spacial score (nSPS) is 12.0. The molecule has 19 heavy (non-hydrogen) atoms. The van der Waals surface area contributed by atoms with E-state index in [9.17, 15) is 22.0 Å². The lowest BCUT2D eigenvalue weighted by atomic mass is 10.2. The monoisotopic (exact) mass is 308 g/mol. The van der Waals surface area contributed by atoms with Crippen LogP contribution in [-0.2, 0) is 0 Å². The first-order valence-electron chi connectivity index (χ1n) is 6.83. The highest BCUT2D eigenvalue weighted by atomic mass is 32.2. The van der Waals surface area contributed by atoms with Crippen LogP contribution < -0.4 is 0 Å². The molecule has 0 aromatic heterocycles. The van der Waals surface area contributed by atoms with Crippen molar-refractivity contribution in [2.24, 2.45) is 0 Å². The minimum Gasteiger partial charge on any atom is -0.196 e. The first kappa shape index (κ1) is 21.3. The van der Waals surface area contributed by atoms with E-state index in [0.717, 1.165) is 31.4 Å². The topological polar surface area (TPSA) is 0 Å². The quantitative estimate of drug-likeness (QED) is 0.355. The molecule has 6 heteroatoms. The standard InChI is InChI=1S/C11H19F5S.C2H6/c1-2-3-4-5-8-17-9-6-7-10(12,13)11(14,15)16;1-2/h2-9H2,1H3;1-2H3. The number of rotatable bonds is 9. The van der Waals surface area contributed by atoms with E-state index in [1.54, 1.807) is 0 Å². The van der Waals surface area contributed by atoms with Crippen LogP contribution in [0.3, 0.4) is 0 Å². The lowest BCUT2D eigenvalue weighted by Gasteiger charge is -2.19. The van der Waals surface area contributed by atoms with Gasteiger partial charge in [0.05, 0.1) is 0 Å². The largest absolute Gasteiger partial charge is 0.453 e. The van der Waals surface area contributed by atoms with Crippen molar-refractivity contribution in [2.75, 3.05) is 11.5 Å². The molecule has 0 radical (unpaired) electrons. The van der Waals surface area contributed by atoms with Crippen molar-refractivity contribution < 1.29 is 22.0 Å². The van der Waals surface area contributed by atoms with Crippen LogP contribution in [-0.4, -0.2) is 23.6 Å². The lowest BCUT2D eigenvalue weighted by Crippen LogP contribution is -2.36. The van der Waals surface area contributed by atoms with E-state index >= 15 is 0 Å². The van der Waals surface area contributed by atoms with Gasteiger partial charge in [-0.3, -0.25) is 0 Å². The number of thioether (sulfide) groups is 1. The van der Waals surface area contributed by atoms with Crippen LogP contribution in [0.5, 0.6) is 0 Å². The maximum Gasteiger partial charge on any atom is 0.453 e. The molecule has 0 aliphatic heterocycles. The predicted octanol–water partition coefficient (Wildman–Crippen LogP) is 6.30. The first-order chi connectivity index (χ1) is 8.81. The molecule has 0 unspecified atom stereocenters. The average Bonchev–Trinajstić information content (AvgIpc) is 2.33. The molecule has 0 saturated carbocycles. The minimum absolute atomic E-state index is 0.0923. The summed E-state index contributed by atoms with van der Waals surface area (Å²) in [5, 5.41) is 0. The Balaban J connectivity index is 0. The molecule has 0 aromatic carbocycles. The number of halogens is 5. The molecule has 0 aromatic rings. The second-order valence-electron chi connectivity index (χ2n) is 3.98.